The number of piperidine rings is 1. The molecule has 1 aliphatic rings. The number of nitrogens with zero attached hydrogens (tertiary/aromatic N) is 3. The molecule has 1 atom stereocenters. The molecule has 1 saturated heterocycles. The van der Waals surface area contributed by atoms with Crippen molar-refractivity contribution < 1.29 is 0 Å². The third-order valence-corrected chi connectivity index (χ3v) is 3.01. The van der Waals surface area contributed by atoms with Gasteiger partial charge in [0.15, 0.2) is 0 Å². The van der Waals surface area contributed by atoms with Crippen LogP contribution in [0.5, 0.6) is 0 Å². The first kappa shape index (κ1) is 11.5. The van der Waals surface area contributed by atoms with Gasteiger partial charge < -0.3 is 4.90 Å². The highest BCUT2D eigenvalue weighted by Crippen LogP contribution is 2.18. The van der Waals surface area contributed by atoms with Crippen molar-refractivity contribution in [1.29, 1.82) is 5.26 Å². The van der Waals surface area contributed by atoms with Crippen LogP contribution in [0.25, 0.3) is 0 Å². The van der Waals surface area contributed by atoms with E-state index in [1.54, 1.807) is 0 Å². The molecule has 3 heteroatoms. The van der Waals surface area contributed by atoms with Crippen LogP contribution in [-0.4, -0.2) is 49.6 Å². The first-order chi connectivity index (χ1) is 6.63. The lowest BCUT2D eigenvalue weighted by Gasteiger charge is -2.34. The van der Waals surface area contributed by atoms with Crippen LogP contribution in [0.2, 0.25) is 0 Å². The Bertz CT molecular complexity index is 199. The number of likely N-dealkylation sites (tertiary alicyclic amines) is 1. The Kier molecular flexibility index (Phi) is 4.37. The van der Waals surface area contributed by atoms with Crippen LogP contribution in [0.1, 0.15) is 19.8 Å². The Balaban J connectivity index is 2.28. The van der Waals surface area contributed by atoms with Gasteiger partial charge in [-0.2, -0.15) is 5.26 Å². The number of nitriles is 1. The van der Waals surface area contributed by atoms with Crippen molar-refractivity contribution in [1.82, 2.24) is 9.80 Å². The van der Waals surface area contributed by atoms with Crippen LogP contribution < -0.4 is 0 Å². The molecule has 0 aromatic rings. The van der Waals surface area contributed by atoms with Crippen molar-refractivity contribution in [2.24, 2.45) is 5.92 Å². The molecule has 14 heavy (non-hydrogen) atoms. The summed E-state index contributed by atoms with van der Waals surface area (Å²) in [5.41, 5.74) is 0. The monoisotopic (exact) mass is 195 g/mol. The van der Waals surface area contributed by atoms with E-state index >= 15 is 0 Å². The second kappa shape index (κ2) is 5.33. The summed E-state index contributed by atoms with van der Waals surface area (Å²) in [6, 6.07) is 2.40. The molecule has 0 radical (unpaired) electrons. The minimum atomic E-state index is 0.0929. The Labute approximate surface area is 87.3 Å². The van der Waals surface area contributed by atoms with Crippen molar-refractivity contribution in [3.8, 4) is 6.07 Å². The van der Waals surface area contributed by atoms with Crippen LogP contribution in [0.4, 0.5) is 0 Å². The lowest BCUT2D eigenvalue weighted by atomic mass is 9.95. The third kappa shape index (κ3) is 3.28. The van der Waals surface area contributed by atoms with Crippen LogP contribution in [0, 0.1) is 17.2 Å². The fourth-order valence-electron chi connectivity index (χ4n) is 2.12. The first-order valence-corrected chi connectivity index (χ1v) is 5.42. The van der Waals surface area contributed by atoms with Gasteiger partial charge in [-0.3, -0.25) is 4.90 Å². The third-order valence-electron chi connectivity index (χ3n) is 3.01. The molecule has 0 spiro atoms. The van der Waals surface area contributed by atoms with Crippen molar-refractivity contribution in [2.75, 3.05) is 33.7 Å². The fraction of sp³-hybridized carbons (Fsp3) is 0.909. The van der Waals surface area contributed by atoms with Crippen LogP contribution >= 0.6 is 0 Å². The standard InChI is InChI=1S/C11H21N3/c1-10(8-12)14-6-4-11(5-7-14)9-13(2)3/h10-11H,4-7,9H2,1-3H3. The molecule has 1 unspecified atom stereocenters. The van der Waals surface area contributed by atoms with Crippen LogP contribution in [0.3, 0.4) is 0 Å². The molecule has 0 aromatic carbocycles. The smallest absolute Gasteiger partial charge is 0.0949 e. The second-order valence-electron chi connectivity index (χ2n) is 4.55. The summed E-state index contributed by atoms with van der Waals surface area (Å²) >= 11 is 0. The van der Waals surface area contributed by atoms with E-state index in [0.29, 0.717) is 0 Å². The summed E-state index contributed by atoms with van der Waals surface area (Å²) in [5, 5.41) is 8.80. The molecule has 1 aliphatic heterocycles. The Morgan fingerprint density at radius 2 is 2.00 bits per heavy atom. The zero-order valence-corrected chi connectivity index (χ0v) is 9.53. The molecule has 1 heterocycles. The highest BCUT2D eigenvalue weighted by atomic mass is 15.2. The summed E-state index contributed by atoms with van der Waals surface area (Å²) in [7, 11) is 4.26. The maximum absolute atomic E-state index is 8.80. The van der Waals surface area contributed by atoms with Gasteiger partial charge in [-0.15, -0.1) is 0 Å². The quantitative estimate of drug-likeness (QED) is 0.677. The molecule has 0 aliphatic carbocycles. The van der Waals surface area contributed by atoms with E-state index in [4.69, 9.17) is 5.26 Å². The molecule has 1 rings (SSSR count). The first-order valence-electron chi connectivity index (χ1n) is 5.42. The van der Waals surface area contributed by atoms with E-state index < -0.39 is 0 Å². The molecule has 0 bridgehead atoms. The van der Waals surface area contributed by atoms with E-state index in [1.807, 2.05) is 6.92 Å². The van der Waals surface area contributed by atoms with Gasteiger partial charge in [0, 0.05) is 6.54 Å². The summed E-state index contributed by atoms with van der Waals surface area (Å²) < 4.78 is 0. The molecule has 0 N–H and O–H groups in total. The van der Waals surface area contributed by atoms with Gasteiger partial charge in [0.2, 0.25) is 0 Å². The maximum Gasteiger partial charge on any atom is 0.0949 e. The van der Waals surface area contributed by atoms with Gasteiger partial charge in [0.05, 0.1) is 12.1 Å². The normalized spacial score (nSPS) is 22.2. The Morgan fingerprint density at radius 3 is 2.43 bits per heavy atom. The van der Waals surface area contributed by atoms with E-state index in [1.165, 1.54) is 19.4 Å². The molecular weight excluding hydrogens is 174 g/mol. The van der Waals surface area contributed by atoms with Crippen LogP contribution in [-0.2, 0) is 0 Å². The van der Waals surface area contributed by atoms with Gasteiger partial charge in [-0.25, -0.2) is 0 Å². The molecule has 80 valence electrons. The van der Waals surface area contributed by atoms with Crippen molar-refractivity contribution in [3.63, 3.8) is 0 Å². The molecule has 3 nitrogen and oxygen atoms in total. The summed E-state index contributed by atoms with van der Waals surface area (Å²) in [6.45, 7) is 5.36. The summed E-state index contributed by atoms with van der Waals surface area (Å²) in [4.78, 5) is 4.54. The molecular formula is C11H21N3. The summed E-state index contributed by atoms with van der Waals surface area (Å²) in [6.07, 6.45) is 2.48. The van der Waals surface area contributed by atoms with Gasteiger partial charge in [0.25, 0.3) is 0 Å². The zero-order chi connectivity index (χ0) is 10.6. The molecule has 0 saturated carbocycles. The van der Waals surface area contributed by atoms with Gasteiger partial charge in [-0.1, -0.05) is 0 Å². The van der Waals surface area contributed by atoms with E-state index in [-0.39, 0.29) is 6.04 Å². The van der Waals surface area contributed by atoms with Crippen molar-refractivity contribution in [2.45, 2.75) is 25.8 Å². The number of rotatable bonds is 3. The lowest BCUT2D eigenvalue weighted by Crippen LogP contribution is -2.41. The predicted octanol–water partition coefficient (Wildman–Crippen LogP) is 1.17. The Hall–Kier alpha value is -0.590. The van der Waals surface area contributed by atoms with E-state index in [9.17, 15) is 0 Å². The number of hydrogen-bond donors (Lipinski definition) is 0. The number of hydrogen-bond acceptors (Lipinski definition) is 3. The zero-order valence-electron chi connectivity index (χ0n) is 9.53. The van der Waals surface area contributed by atoms with Gasteiger partial charge >= 0.3 is 0 Å². The average Bonchev–Trinajstić information content (AvgIpc) is 2.17. The highest BCUT2D eigenvalue weighted by Gasteiger charge is 2.22. The fourth-order valence-corrected chi connectivity index (χ4v) is 2.12. The molecule has 0 aromatic heterocycles. The second-order valence-corrected chi connectivity index (χ2v) is 4.55. The average molecular weight is 195 g/mol. The van der Waals surface area contributed by atoms with Gasteiger partial charge in [0.1, 0.15) is 0 Å². The topological polar surface area (TPSA) is 30.3 Å². The predicted molar refractivity (Wildman–Crippen MR) is 57.9 cm³/mol. The van der Waals surface area contributed by atoms with E-state index in [0.717, 1.165) is 19.0 Å². The minimum Gasteiger partial charge on any atom is -0.309 e. The SMILES string of the molecule is CC(C#N)N1CCC(CN(C)C)CC1. The van der Waals surface area contributed by atoms with Crippen LogP contribution in [0.15, 0.2) is 0 Å². The lowest BCUT2D eigenvalue weighted by molar-refractivity contribution is 0.147. The van der Waals surface area contributed by atoms with Crippen molar-refractivity contribution in [3.05, 3.63) is 0 Å². The van der Waals surface area contributed by atoms with Gasteiger partial charge in [-0.05, 0) is 52.9 Å². The van der Waals surface area contributed by atoms with Crippen molar-refractivity contribution >= 4 is 0 Å². The Morgan fingerprint density at radius 1 is 1.43 bits per heavy atom. The summed E-state index contributed by atoms with van der Waals surface area (Å²) in [5.74, 6) is 0.826. The largest absolute Gasteiger partial charge is 0.309 e. The molecule has 1 fully saturated rings. The maximum atomic E-state index is 8.80. The van der Waals surface area contributed by atoms with E-state index in [2.05, 4.69) is 30.0 Å². The minimum absolute atomic E-state index is 0.0929. The highest BCUT2D eigenvalue weighted by molar-refractivity contribution is 4.90. The molecule has 0 amide bonds.